The van der Waals surface area contributed by atoms with E-state index in [0.717, 1.165) is 16.7 Å². The molecule has 1 N–H and O–H groups in total. The lowest BCUT2D eigenvalue weighted by Crippen LogP contribution is -2.13. The first kappa shape index (κ1) is 10.2. The van der Waals surface area contributed by atoms with Gasteiger partial charge in [0.2, 0.25) is 0 Å². The largest absolute Gasteiger partial charge is 0.313 e. The molecule has 0 aliphatic heterocycles. The number of halogens is 1. The first-order chi connectivity index (χ1) is 6.06. The minimum absolute atomic E-state index is 0.0907. The second-order valence-corrected chi connectivity index (χ2v) is 3.48. The Bertz CT molecular complexity index is 284. The molecule has 13 heavy (non-hydrogen) atoms. The van der Waals surface area contributed by atoms with E-state index in [1.165, 1.54) is 0 Å². The first-order valence-electron chi connectivity index (χ1n) is 4.50. The molecule has 0 aromatic heterocycles. The quantitative estimate of drug-likeness (QED) is 0.739. The van der Waals surface area contributed by atoms with Gasteiger partial charge >= 0.3 is 0 Å². The third-order valence-electron chi connectivity index (χ3n) is 2.39. The number of hydrogen-bond acceptors (Lipinski definition) is 1. The van der Waals surface area contributed by atoms with Crippen LogP contribution in [0.5, 0.6) is 0 Å². The van der Waals surface area contributed by atoms with E-state index < -0.39 is 0 Å². The normalized spacial score (nSPS) is 13.0. The topological polar surface area (TPSA) is 12.0 Å². The van der Waals surface area contributed by atoms with E-state index in [0.29, 0.717) is 0 Å². The second-order valence-electron chi connectivity index (χ2n) is 3.48. The van der Waals surface area contributed by atoms with Crippen LogP contribution in [0.25, 0.3) is 0 Å². The van der Waals surface area contributed by atoms with E-state index in [4.69, 9.17) is 0 Å². The van der Waals surface area contributed by atoms with Crippen molar-refractivity contribution in [1.82, 2.24) is 5.32 Å². The minimum atomic E-state index is -0.0907. The third kappa shape index (κ3) is 2.07. The van der Waals surface area contributed by atoms with E-state index in [2.05, 4.69) is 12.2 Å². The maximum Gasteiger partial charge on any atom is 0.129 e. The molecule has 0 aliphatic carbocycles. The number of rotatable bonds is 2. The molecule has 1 aromatic carbocycles. The Morgan fingerprint density at radius 1 is 1.23 bits per heavy atom. The van der Waals surface area contributed by atoms with E-state index in [1.807, 2.05) is 19.2 Å². The zero-order valence-corrected chi connectivity index (χ0v) is 8.61. The average Bonchev–Trinajstić information content (AvgIpc) is 2.12. The SMILES string of the molecule is CNC(C)c1cc(C)c(F)c(C)c1. The molecule has 0 spiro atoms. The molecule has 0 amide bonds. The number of nitrogens with one attached hydrogen (secondary N) is 1. The molecule has 0 saturated heterocycles. The van der Waals surface area contributed by atoms with E-state index in [-0.39, 0.29) is 11.9 Å². The summed E-state index contributed by atoms with van der Waals surface area (Å²) in [5.74, 6) is -0.0907. The maximum absolute atomic E-state index is 13.3. The zero-order chi connectivity index (χ0) is 10.0. The van der Waals surface area contributed by atoms with Gasteiger partial charge in [0.15, 0.2) is 0 Å². The summed E-state index contributed by atoms with van der Waals surface area (Å²) in [6, 6.07) is 4.06. The molecule has 1 unspecified atom stereocenters. The van der Waals surface area contributed by atoms with Gasteiger partial charge in [0, 0.05) is 6.04 Å². The molecule has 0 radical (unpaired) electrons. The van der Waals surface area contributed by atoms with Crippen LogP contribution in [0.4, 0.5) is 4.39 Å². The summed E-state index contributed by atoms with van der Waals surface area (Å²) in [6.07, 6.45) is 0. The van der Waals surface area contributed by atoms with Crippen LogP contribution in [-0.4, -0.2) is 7.05 Å². The van der Waals surface area contributed by atoms with Crippen LogP contribution in [0.3, 0.4) is 0 Å². The monoisotopic (exact) mass is 181 g/mol. The molecule has 1 rings (SSSR count). The molecule has 0 heterocycles. The minimum Gasteiger partial charge on any atom is -0.313 e. The molecule has 1 atom stereocenters. The van der Waals surface area contributed by atoms with Crippen molar-refractivity contribution >= 4 is 0 Å². The Morgan fingerprint density at radius 3 is 2.08 bits per heavy atom. The van der Waals surface area contributed by atoms with Crippen molar-refractivity contribution in [3.8, 4) is 0 Å². The second kappa shape index (κ2) is 3.88. The highest BCUT2D eigenvalue weighted by atomic mass is 19.1. The maximum atomic E-state index is 13.3. The van der Waals surface area contributed by atoms with Crippen LogP contribution < -0.4 is 5.32 Å². The highest BCUT2D eigenvalue weighted by Gasteiger charge is 2.07. The van der Waals surface area contributed by atoms with Crippen LogP contribution in [0.15, 0.2) is 12.1 Å². The Morgan fingerprint density at radius 2 is 1.69 bits per heavy atom. The highest BCUT2D eigenvalue weighted by Crippen LogP contribution is 2.19. The molecule has 0 bridgehead atoms. The summed E-state index contributed by atoms with van der Waals surface area (Å²) in [7, 11) is 1.90. The Labute approximate surface area is 79.0 Å². The fourth-order valence-electron chi connectivity index (χ4n) is 1.40. The lowest BCUT2D eigenvalue weighted by molar-refractivity contribution is 0.601. The molecule has 0 aliphatic rings. The van der Waals surface area contributed by atoms with Crippen molar-refractivity contribution in [2.75, 3.05) is 7.05 Å². The van der Waals surface area contributed by atoms with Crippen molar-refractivity contribution in [3.05, 3.63) is 34.6 Å². The summed E-state index contributed by atoms with van der Waals surface area (Å²) in [5, 5.41) is 3.13. The van der Waals surface area contributed by atoms with Gasteiger partial charge in [-0.3, -0.25) is 0 Å². The molecular weight excluding hydrogens is 165 g/mol. The molecule has 2 heteroatoms. The predicted octanol–water partition coefficient (Wildman–Crippen LogP) is 2.72. The van der Waals surface area contributed by atoms with Crippen molar-refractivity contribution in [2.45, 2.75) is 26.8 Å². The van der Waals surface area contributed by atoms with Crippen LogP contribution in [0.1, 0.15) is 29.7 Å². The van der Waals surface area contributed by atoms with Gasteiger partial charge in [-0.05, 0) is 44.5 Å². The third-order valence-corrected chi connectivity index (χ3v) is 2.39. The lowest BCUT2D eigenvalue weighted by Gasteiger charge is -2.13. The molecule has 0 fully saturated rings. The van der Waals surface area contributed by atoms with Gasteiger partial charge in [-0.2, -0.15) is 0 Å². The number of benzene rings is 1. The molecule has 1 aromatic rings. The summed E-state index contributed by atoms with van der Waals surface area (Å²) >= 11 is 0. The van der Waals surface area contributed by atoms with Gasteiger partial charge in [-0.25, -0.2) is 4.39 Å². The van der Waals surface area contributed by atoms with Crippen LogP contribution in [-0.2, 0) is 0 Å². The summed E-state index contributed by atoms with van der Waals surface area (Å²) < 4.78 is 13.3. The van der Waals surface area contributed by atoms with E-state index in [9.17, 15) is 4.39 Å². The Balaban J connectivity index is 3.13. The van der Waals surface area contributed by atoms with Crippen LogP contribution in [0.2, 0.25) is 0 Å². The van der Waals surface area contributed by atoms with Gasteiger partial charge in [0.05, 0.1) is 0 Å². The van der Waals surface area contributed by atoms with Crippen LogP contribution in [0, 0.1) is 19.7 Å². The van der Waals surface area contributed by atoms with Crippen molar-refractivity contribution in [1.29, 1.82) is 0 Å². The van der Waals surface area contributed by atoms with E-state index in [1.54, 1.807) is 13.8 Å². The molecule has 72 valence electrons. The van der Waals surface area contributed by atoms with Gasteiger partial charge in [0.25, 0.3) is 0 Å². The highest BCUT2D eigenvalue weighted by molar-refractivity contribution is 5.32. The van der Waals surface area contributed by atoms with Crippen LogP contribution >= 0.6 is 0 Å². The van der Waals surface area contributed by atoms with Gasteiger partial charge in [-0.15, -0.1) is 0 Å². The van der Waals surface area contributed by atoms with Gasteiger partial charge in [0.1, 0.15) is 5.82 Å². The zero-order valence-electron chi connectivity index (χ0n) is 8.61. The fourth-order valence-corrected chi connectivity index (χ4v) is 1.40. The predicted molar refractivity (Wildman–Crippen MR) is 53.3 cm³/mol. The summed E-state index contributed by atoms with van der Waals surface area (Å²) in [5.41, 5.74) is 2.58. The molecular formula is C11H16FN. The first-order valence-corrected chi connectivity index (χ1v) is 4.50. The van der Waals surface area contributed by atoms with Crippen molar-refractivity contribution in [3.63, 3.8) is 0 Å². The standard InChI is InChI=1S/C11H16FN/c1-7-5-10(9(3)13-4)6-8(2)11(7)12/h5-6,9,13H,1-4H3. The number of aryl methyl sites for hydroxylation is 2. The van der Waals surface area contributed by atoms with Crippen molar-refractivity contribution < 1.29 is 4.39 Å². The summed E-state index contributed by atoms with van der Waals surface area (Å²) in [4.78, 5) is 0. The van der Waals surface area contributed by atoms with Gasteiger partial charge < -0.3 is 5.32 Å². The van der Waals surface area contributed by atoms with Crippen molar-refractivity contribution in [2.24, 2.45) is 0 Å². The molecule has 1 nitrogen and oxygen atoms in total. The average molecular weight is 181 g/mol. The van der Waals surface area contributed by atoms with Gasteiger partial charge in [-0.1, -0.05) is 12.1 Å². The number of hydrogen-bond donors (Lipinski definition) is 1. The molecule has 0 saturated carbocycles. The lowest BCUT2D eigenvalue weighted by atomic mass is 10.0. The Hall–Kier alpha value is -0.890. The van der Waals surface area contributed by atoms with E-state index >= 15 is 0 Å². The summed E-state index contributed by atoms with van der Waals surface area (Å²) in [6.45, 7) is 5.66. The smallest absolute Gasteiger partial charge is 0.129 e. The Kier molecular flexibility index (Phi) is 3.04. The fraction of sp³-hybridized carbons (Fsp3) is 0.455.